The highest BCUT2D eigenvalue weighted by Gasteiger charge is 2.35. The molecular weight excluding hydrogens is 311 g/mol. The molecule has 1 aliphatic rings. The van der Waals surface area contributed by atoms with E-state index in [0.29, 0.717) is 18.8 Å². The van der Waals surface area contributed by atoms with Crippen molar-refractivity contribution >= 4 is 11.7 Å². The average molecular weight is 327 g/mol. The Balaban J connectivity index is 2.25. The summed E-state index contributed by atoms with van der Waals surface area (Å²) in [5.74, 6) is -0.429. The molecule has 1 atom stereocenters. The molecular formula is C15H16F3N3O2. The lowest BCUT2D eigenvalue weighted by Crippen LogP contribution is -2.54. The van der Waals surface area contributed by atoms with Crippen LogP contribution in [0.3, 0.4) is 0 Å². The standard InChI is InChI=1S/C15H16F3N3O2/c1-2-23-14(22)13-9-21(6-5-20-13)11-4-3-10(8-19)12(7-11)15(16,17)18/h3-4,7,13,20H,2,5-6,9H2,1H3. The molecule has 0 radical (unpaired) electrons. The Bertz CT molecular complexity index is 625. The van der Waals surface area contributed by atoms with Gasteiger partial charge in [-0.3, -0.25) is 4.79 Å². The molecule has 1 saturated heterocycles. The minimum absolute atomic E-state index is 0.210. The predicted molar refractivity (Wildman–Crippen MR) is 76.8 cm³/mol. The van der Waals surface area contributed by atoms with Crippen LogP contribution in [0, 0.1) is 11.3 Å². The Labute approximate surface area is 131 Å². The molecule has 0 aliphatic carbocycles. The van der Waals surface area contributed by atoms with E-state index < -0.39 is 29.3 Å². The summed E-state index contributed by atoms with van der Waals surface area (Å²) in [6, 6.07) is 4.52. The van der Waals surface area contributed by atoms with Crippen LogP contribution in [0.2, 0.25) is 0 Å². The summed E-state index contributed by atoms with van der Waals surface area (Å²) in [7, 11) is 0. The lowest BCUT2D eigenvalue weighted by atomic mass is 10.1. The van der Waals surface area contributed by atoms with Gasteiger partial charge in [-0.05, 0) is 25.1 Å². The quantitative estimate of drug-likeness (QED) is 0.859. The van der Waals surface area contributed by atoms with E-state index in [4.69, 9.17) is 10.00 Å². The molecule has 1 heterocycles. The van der Waals surface area contributed by atoms with Crippen molar-refractivity contribution in [2.24, 2.45) is 0 Å². The number of hydrogen-bond donors (Lipinski definition) is 1. The molecule has 0 saturated carbocycles. The topological polar surface area (TPSA) is 65.4 Å². The van der Waals surface area contributed by atoms with E-state index in [1.807, 2.05) is 0 Å². The van der Waals surface area contributed by atoms with Gasteiger partial charge in [0.1, 0.15) is 6.04 Å². The SMILES string of the molecule is CCOC(=O)C1CN(c2ccc(C#N)c(C(F)(F)F)c2)CCN1. The van der Waals surface area contributed by atoms with E-state index in [1.54, 1.807) is 17.9 Å². The first kappa shape index (κ1) is 17.1. The van der Waals surface area contributed by atoms with Crippen molar-refractivity contribution in [2.45, 2.75) is 19.1 Å². The second-order valence-corrected chi connectivity index (χ2v) is 5.04. The minimum Gasteiger partial charge on any atom is -0.465 e. The number of alkyl halides is 3. The van der Waals surface area contributed by atoms with Gasteiger partial charge in [0.25, 0.3) is 0 Å². The monoisotopic (exact) mass is 327 g/mol. The fraction of sp³-hybridized carbons (Fsp3) is 0.467. The summed E-state index contributed by atoms with van der Waals surface area (Å²) in [6.07, 6.45) is -4.60. The third-order valence-electron chi connectivity index (χ3n) is 3.54. The predicted octanol–water partition coefficient (Wildman–Crippen LogP) is 1.92. The summed E-state index contributed by atoms with van der Waals surface area (Å²) in [6.45, 7) is 3.05. The van der Waals surface area contributed by atoms with Gasteiger partial charge in [-0.1, -0.05) is 0 Å². The number of rotatable bonds is 3. The zero-order valence-corrected chi connectivity index (χ0v) is 12.5. The Morgan fingerprint density at radius 3 is 2.87 bits per heavy atom. The number of anilines is 1. The number of nitriles is 1. The van der Waals surface area contributed by atoms with E-state index in [-0.39, 0.29) is 13.2 Å². The molecule has 0 bridgehead atoms. The summed E-state index contributed by atoms with van der Waals surface area (Å²) in [5.41, 5.74) is -1.06. The number of nitrogens with zero attached hydrogens (tertiary/aromatic N) is 2. The Morgan fingerprint density at radius 1 is 1.52 bits per heavy atom. The average Bonchev–Trinajstić information content (AvgIpc) is 2.54. The number of esters is 1. The first-order valence-corrected chi connectivity index (χ1v) is 7.13. The molecule has 8 heteroatoms. The molecule has 2 rings (SSSR count). The minimum atomic E-state index is -4.60. The number of carbonyl (C=O) groups excluding carboxylic acids is 1. The molecule has 1 N–H and O–H groups in total. The molecule has 0 spiro atoms. The van der Waals surface area contributed by atoms with Crippen molar-refractivity contribution in [1.29, 1.82) is 5.26 Å². The molecule has 1 aliphatic heterocycles. The largest absolute Gasteiger partial charge is 0.465 e. The van der Waals surface area contributed by atoms with Gasteiger partial charge in [0.05, 0.1) is 23.8 Å². The van der Waals surface area contributed by atoms with Gasteiger partial charge in [0.15, 0.2) is 0 Å². The number of benzene rings is 1. The van der Waals surface area contributed by atoms with Gasteiger partial charge < -0.3 is 15.0 Å². The molecule has 0 amide bonds. The van der Waals surface area contributed by atoms with E-state index in [2.05, 4.69) is 5.32 Å². The Kier molecular flexibility index (Phi) is 5.11. The van der Waals surface area contributed by atoms with Crippen LogP contribution in [0.4, 0.5) is 18.9 Å². The fourth-order valence-corrected chi connectivity index (χ4v) is 2.45. The van der Waals surface area contributed by atoms with Crippen molar-refractivity contribution in [3.63, 3.8) is 0 Å². The maximum atomic E-state index is 13.0. The zero-order chi connectivity index (χ0) is 17.0. The summed E-state index contributed by atoms with van der Waals surface area (Å²) >= 11 is 0. The van der Waals surface area contributed by atoms with Gasteiger partial charge in [-0.15, -0.1) is 0 Å². The summed E-state index contributed by atoms with van der Waals surface area (Å²) in [4.78, 5) is 13.4. The van der Waals surface area contributed by atoms with Crippen LogP contribution in [0.5, 0.6) is 0 Å². The third kappa shape index (κ3) is 3.93. The number of carbonyl (C=O) groups is 1. The van der Waals surface area contributed by atoms with Crippen molar-refractivity contribution in [3.8, 4) is 6.07 Å². The number of nitrogens with one attached hydrogen (secondary N) is 1. The molecule has 1 unspecified atom stereocenters. The van der Waals surface area contributed by atoms with Crippen LogP contribution in [-0.4, -0.2) is 38.3 Å². The van der Waals surface area contributed by atoms with Gasteiger partial charge >= 0.3 is 12.1 Å². The zero-order valence-electron chi connectivity index (χ0n) is 12.5. The van der Waals surface area contributed by atoms with Crippen molar-refractivity contribution in [1.82, 2.24) is 5.32 Å². The Morgan fingerprint density at radius 2 is 2.26 bits per heavy atom. The maximum Gasteiger partial charge on any atom is 0.417 e. The van der Waals surface area contributed by atoms with Gasteiger partial charge in [0, 0.05) is 25.3 Å². The normalized spacial score (nSPS) is 18.4. The highest BCUT2D eigenvalue weighted by atomic mass is 19.4. The number of piperazine rings is 1. The van der Waals surface area contributed by atoms with E-state index in [0.717, 1.165) is 12.1 Å². The van der Waals surface area contributed by atoms with Gasteiger partial charge in [-0.25, -0.2) is 0 Å². The second kappa shape index (κ2) is 6.87. The summed E-state index contributed by atoms with van der Waals surface area (Å²) < 4.78 is 44.0. The van der Waals surface area contributed by atoms with E-state index in [1.165, 1.54) is 6.07 Å². The Hall–Kier alpha value is -2.27. The van der Waals surface area contributed by atoms with Gasteiger partial charge in [-0.2, -0.15) is 18.4 Å². The first-order valence-electron chi connectivity index (χ1n) is 7.13. The maximum absolute atomic E-state index is 13.0. The van der Waals surface area contributed by atoms with Crippen LogP contribution in [0.25, 0.3) is 0 Å². The van der Waals surface area contributed by atoms with E-state index in [9.17, 15) is 18.0 Å². The lowest BCUT2D eigenvalue weighted by molar-refractivity contribution is -0.145. The highest BCUT2D eigenvalue weighted by molar-refractivity contribution is 5.77. The number of hydrogen-bond acceptors (Lipinski definition) is 5. The van der Waals surface area contributed by atoms with Crippen LogP contribution in [-0.2, 0) is 15.7 Å². The highest BCUT2D eigenvalue weighted by Crippen LogP contribution is 2.34. The van der Waals surface area contributed by atoms with Crippen LogP contribution in [0.15, 0.2) is 18.2 Å². The van der Waals surface area contributed by atoms with E-state index >= 15 is 0 Å². The van der Waals surface area contributed by atoms with Crippen LogP contribution in [0.1, 0.15) is 18.1 Å². The third-order valence-corrected chi connectivity index (χ3v) is 3.54. The number of halogens is 3. The first-order chi connectivity index (χ1) is 10.9. The van der Waals surface area contributed by atoms with Crippen LogP contribution < -0.4 is 10.2 Å². The van der Waals surface area contributed by atoms with Crippen molar-refractivity contribution in [2.75, 3.05) is 31.1 Å². The molecule has 124 valence electrons. The lowest BCUT2D eigenvalue weighted by Gasteiger charge is -2.34. The molecule has 0 aromatic heterocycles. The molecule has 1 aromatic rings. The molecule has 5 nitrogen and oxygen atoms in total. The molecule has 1 aromatic carbocycles. The van der Waals surface area contributed by atoms with Crippen LogP contribution >= 0.6 is 0 Å². The molecule has 1 fully saturated rings. The second-order valence-electron chi connectivity index (χ2n) is 5.04. The van der Waals surface area contributed by atoms with Crippen molar-refractivity contribution < 1.29 is 22.7 Å². The molecule has 23 heavy (non-hydrogen) atoms. The summed E-state index contributed by atoms with van der Waals surface area (Å²) in [5, 5.41) is 11.8. The number of ether oxygens (including phenoxy) is 1. The van der Waals surface area contributed by atoms with Crippen molar-refractivity contribution in [3.05, 3.63) is 29.3 Å². The fourth-order valence-electron chi connectivity index (χ4n) is 2.45. The van der Waals surface area contributed by atoms with Gasteiger partial charge in [0.2, 0.25) is 0 Å². The smallest absolute Gasteiger partial charge is 0.417 e.